The van der Waals surface area contributed by atoms with Crippen LogP contribution in [0.3, 0.4) is 0 Å². The van der Waals surface area contributed by atoms with E-state index in [1.807, 2.05) is 126 Å². The van der Waals surface area contributed by atoms with Gasteiger partial charge in [-0.15, -0.1) is 0 Å². The Morgan fingerprint density at radius 3 is 2.36 bits per heavy atom. The molecule has 0 aliphatic carbocycles. The van der Waals surface area contributed by atoms with Crippen LogP contribution in [0.5, 0.6) is 0 Å². The van der Waals surface area contributed by atoms with E-state index in [0.29, 0.717) is 32.5 Å². The number of cyclic esters (lactones) is 1. The van der Waals surface area contributed by atoms with Crippen LogP contribution in [0, 0.1) is 24.2 Å². The van der Waals surface area contributed by atoms with Crippen molar-refractivity contribution in [1.29, 1.82) is 0 Å². The lowest BCUT2D eigenvalue weighted by Crippen LogP contribution is -2.58. The van der Waals surface area contributed by atoms with E-state index in [4.69, 9.17) is 4.74 Å². The fourth-order valence-corrected chi connectivity index (χ4v) is 7.63. The van der Waals surface area contributed by atoms with Crippen molar-refractivity contribution >= 4 is 23.8 Å². The van der Waals surface area contributed by atoms with Gasteiger partial charge >= 0.3 is 12.0 Å². The van der Waals surface area contributed by atoms with Gasteiger partial charge in [0.1, 0.15) is 12.0 Å². The van der Waals surface area contributed by atoms with Crippen molar-refractivity contribution in [3.8, 4) is 11.3 Å². The molecule has 306 valence electrons. The van der Waals surface area contributed by atoms with Crippen LogP contribution in [0.4, 0.5) is 4.79 Å². The predicted molar refractivity (Wildman–Crippen MR) is 219 cm³/mol. The van der Waals surface area contributed by atoms with Gasteiger partial charge in [0.15, 0.2) is 0 Å². The third kappa shape index (κ3) is 10.1. The normalized spacial score (nSPS) is 18.3. The second-order valence-corrected chi connectivity index (χ2v) is 16.1. The summed E-state index contributed by atoms with van der Waals surface area (Å²) in [5.74, 6) is -2.68. The minimum atomic E-state index is -1.19. The van der Waals surface area contributed by atoms with Crippen molar-refractivity contribution in [1.82, 2.24) is 35.5 Å². The number of benzene rings is 2. The summed E-state index contributed by atoms with van der Waals surface area (Å²) in [5, 5.41) is 16.3. The van der Waals surface area contributed by atoms with Crippen molar-refractivity contribution in [2.45, 2.75) is 78.7 Å². The number of esters is 1. The number of aryl methyl sites for hydroxylation is 1. The smallest absolute Gasteiger partial charge is 0.321 e. The number of aromatic nitrogens is 2. The largest absolute Gasteiger partial charge is 0.464 e. The molecule has 2 saturated heterocycles. The zero-order chi connectivity index (χ0) is 41.4. The number of urea groups is 1. The summed E-state index contributed by atoms with van der Waals surface area (Å²) in [6.07, 6.45) is 1.49. The fourth-order valence-electron chi connectivity index (χ4n) is 7.63. The molecule has 0 saturated carbocycles. The number of carbonyl (C=O) groups excluding carboxylic acids is 4. The van der Waals surface area contributed by atoms with Crippen LogP contribution in [0.15, 0.2) is 97.2 Å². The summed E-state index contributed by atoms with van der Waals surface area (Å²) in [6, 6.07) is 26.8. The van der Waals surface area contributed by atoms with E-state index in [2.05, 4.69) is 20.7 Å². The SMILES string of the molecule is CCC(C)C(C(=O)NCC(O)C(Cc1ccccc1)NN(Cc1ccc(-c2ccccn2)cc1)C(=O)C1C(=O)OCC1(C)C)N1CCN(Cc2cccc(C)n2)C1=O. The summed E-state index contributed by atoms with van der Waals surface area (Å²) in [4.78, 5) is 67.6. The Labute approximate surface area is 340 Å². The van der Waals surface area contributed by atoms with Gasteiger partial charge in [0, 0.05) is 42.5 Å². The Morgan fingerprint density at radius 1 is 0.966 bits per heavy atom. The molecule has 6 rings (SSSR count). The summed E-state index contributed by atoms with van der Waals surface area (Å²) in [7, 11) is 0. The topological polar surface area (TPSA) is 157 Å². The number of pyridine rings is 2. The molecule has 4 heterocycles. The second-order valence-electron chi connectivity index (χ2n) is 16.1. The number of hydrogen-bond donors (Lipinski definition) is 3. The predicted octanol–water partition coefficient (Wildman–Crippen LogP) is 4.93. The lowest BCUT2D eigenvalue weighted by Gasteiger charge is -2.35. The van der Waals surface area contributed by atoms with Crippen LogP contribution >= 0.6 is 0 Å². The van der Waals surface area contributed by atoms with Gasteiger partial charge in [-0.05, 0) is 54.7 Å². The molecule has 4 amide bonds. The molecule has 2 aromatic carbocycles. The summed E-state index contributed by atoms with van der Waals surface area (Å²) in [6.45, 7) is 10.7. The maximum Gasteiger partial charge on any atom is 0.321 e. The van der Waals surface area contributed by atoms with Gasteiger partial charge in [-0.2, -0.15) is 0 Å². The first-order valence-electron chi connectivity index (χ1n) is 20.1. The van der Waals surface area contributed by atoms with Gasteiger partial charge in [0.05, 0.1) is 43.2 Å². The first kappa shape index (κ1) is 42.0. The minimum Gasteiger partial charge on any atom is -0.464 e. The van der Waals surface area contributed by atoms with Crippen molar-refractivity contribution in [2.24, 2.45) is 17.3 Å². The lowest BCUT2D eigenvalue weighted by molar-refractivity contribution is -0.153. The van der Waals surface area contributed by atoms with E-state index in [1.165, 1.54) is 5.01 Å². The molecule has 2 fully saturated rings. The maximum absolute atomic E-state index is 14.4. The number of aliphatic hydroxyl groups excluding tert-OH is 1. The van der Waals surface area contributed by atoms with Crippen LogP contribution in [0.25, 0.3) is 11.3 Å². The highest BCUT2D eigenvalue weighted by Crippen LogP contribution is 2.36. The highest BCUT2D eigenvalue weighted by Gasteiger charge is 2.50. The highest BCUT2D eigenvalue weighted by molar-refractivity contribution is 5.99. The van der Waals surface area contributed by atoms with Gasteiger partial charge in [0.25, 0.3) is 5.91 Å². The Morgan fingerprint density at radius 2 is 1.71 bits per heavy atom. The van der Waals surface area contributed by atoms with Gasteiger partial charge in [-0.1, -0.05) is 101 Å². The zero-order valence-corrected chi connectivity index (χ0v) is 34.0. The number of hydrazine groups is 1. The van der Waals surface area contributed by atoms with Crippen molar-refractivity contribution in [2.75, 3.05) is 26.2 Å². The van der Waals surface area contributed by atoms with E-state index in [1.54, 1.807) is 16.0 Å². The van der Waals surface area contributed by atoms with Crippen LogP contribution in [-0.4, -0.2) is 98.1 Å². The molecule has 58 heavy (non-hydrogen) atoms. The summed E-state index contributed by atoms with van der Waals surface area (Å²) < 4.78 is 5.37. The molecule has 2 aliphatic heterocycles. The first-order chi connectivity index (χ1) is 27.8. The number of hydrogen-bond acceptors (Lipinski definition) is 9. The minimum absolute atomic E-state index is 0.0767. The van der Waals surface area contributed by atoms with Gasteiger partial charge in [0.2, 0.25) is 5.91 Å². The van der Waals surface area contributed by atoms with Gasteiger partial charge in [-0.3, -0.25) is 29.4 Å². The van der Waals surface area contributed by atoms with E-state index in [-0.39, 0.29) is 37.6 Å². The van der Waals surface area contributed by atoms with Crippen LogP contribution in [0.2, 0.25) is 0 Å². The fraction of sp³-hybridized carbons (Fsp3) is 0.422. The molecule has 2 aliphatic rings. The molecule has 5 atom stereocenters. The Kier molecular flexibility index (Phi) is 13.6. The molecule has 4 aromatic rings. The average molecular weight is 790 g/mol. The van der Waals surface area contributed by atoms with Crippen molar-refractivity contribution in [3.05, 3.63) is 120 Å². The maximum atomic E-state index is 14.4. The number of ether oxygens (including phenoxy) is 1. The quantitative estimate of drug-likeness (QED) is 0.0768. The molecule has 0 radical (unpaired) electrons. The molecule has 5 unspecified atom stereocenters. The van der Waals surface area contributed by atoms with Crippen LogP contribution in [0.1, 0.15) is 56.6 Å². The molecule has 3 N–H and O–H groups in total. The van der Waals surface area contributed by atoms with Crippen molar-refractivity contribution < 1.29 is 29.0 Å². The Bertz CT molecular complexity index is 2030. The number of nitrogens with zero attached hydrogens (tertiary/aromatic N) is 5. The monoisotopic (exact) mass is 789 g/mol. The van der Waals surface area contributed by atoms with Crippen LogP contribution in [-0.2, 0) is 38.6 Å². The molecular weight excluding hydrogens is 735 g/mol. The molecule has 0 bridgehead atoms. The average Bonchev–Trinajstić information content (AvgIpc) is 3.71. The Balaban J connectivity index is 1.21. The molecule has 13 nitrogen and oxygen atoms in total. The molecular formula is C45H55N7O6. The van der Waals surface area contributed by atoms with E-state index in [0.717, 1.165) is 33.8 Å². The molecule has 2 aromatic heterocycles. The van der Waals surface area contributed by atoms with Crippen LogP contribution < -0.4 is 10.7 Å². The Hall–Kier alpha value is -5.66. The van der Waals surface area contributed by atoms with Gasteiger partial charge < -0.3 is 25.0 Å². The zero-order valence-electron chi connectivity index (χ0n) is 34.0. The lowest BCUT2D eigenvalue weighted by atomic mass is 9.81. The first-order valence-corrected chi connectivity index (χ1v) is 20.1. The number of carbonyl (C=O) groups is 4. The standard InChI is InChI=1S/C45H55N7O6/c1-6-30(2)40(51-24-23-50(44(51)57)28-35-16-12-13-31(3)48-35)41(54)47-26-38(53)37(25-32-14-8-7-9-15-32)49-52(42(55)39-43(56)58-29-45(39,4)5)27-33-18-20-34(21-19-33)36-17-10-11-22-46-36/h7-22,30,37-40,49,53H,6,23-29H2,1-5H3,(H,47,54). The van der Waals surface area contributed by atoms with E-state index < -0.39 is 41.4 Å². The second kappa shape index (κ2) is 18.7. The number of nitrogens with one attached hydrogen (secondary N) is 2. The molecule has 0 spiro atoms. The third-order valence-electron chi connectivity index (χ3n) is 11.2. The molecule has 13 heteroatoms. The number of rotatable bonds is 17. The van der Waals surface area contributed by atoms with E-state index >= 15 is 0 Å². The summed E-state index contributed by atoms with van der Waals surface area (Å²) >= 11 is 0. The van der Waals surface area contributed by atoms with Crippen molar-refractivity contribution in [3.63, 3.8) is 0 Å². The number of amides is 4. The van der Waals surface area contributed by atoms with Gasteiger partial charge in [-0.25, -0.2) is 10.2 Å². The summed E-state index contributed by atoms with van der Waals surface area (Å²) in [5.41, 5.74) is 7.57. The van der Waals surface area contributed by atoms with E-state index in [9.17, 15) is 24.3 Å². The highest BCUT2D eigenvalue weighted by atomic mass is 16.5. The number of aliphatic hydroxyl groups is 1. The third-order valence-corrected chi connectivity index (χ3v) is 11.2.